The maximum atomic E-state index is 13.5. The molecule has 0 saturated heterocycles. The second-order valence-corrected chi connectivity index (χ2v) is 5.18. The number of imidazole rings is 1. The van der Waals surface area contributed by atoms with Crippen LogP contribution in [-0.2, 0) is 6.54 Å². The molecule has 3 aromatic rings. The monoisotopic (exact) mass is 299 g/mol. The molecule has 0 amide bonds. The van der Waals surface area contributed by atoms with Gasteiger partial charge < -0.3 is 15.0 Å². The number of anilines is 1. The van der Waals surface area contributed by atoms with Gasteiger partial charge in [0.15, 0.2) is 0 Å². The molecule has 0 bridgehead atoms. The lowest BCUT2D eigenvalue weighted by atomic mass is 10.1. The molecule has 0 saturated carbocycles. The number of nitrogens with two attached hydrogens (primary N) is 1. The van der Waals surface area contributed by atoms with E-state index in [2.05, 4.69) is 16.5 Å². The molecule has 0 radical (unpaired) electrons. The van der Waals surface area contributed by atoms with Crippen molar-refractivity contribution in [1.82, 2.24) is 9.55 Å². The van der Waals surface area contributed by atoms with Crippen LogP contribution in [0.1, 0.15) is 13.3 Å². The molecule has 1 aromatic heterocycles. The second kappa shape index (κ2) is 5.67. The van der Waals surface area contributed by atoms with E-state index in [4.69, 9.17) is 10.5 Å². The van der Waals surface area contributed by atoms with Crippen molar-refractivity contribution in [3.05, 3.63) is 42.2 Å². The largest absolute Gasteiger partial charge is 0.495 e. The summed E-state index contributed by atoms with van der Waals surface area (Å²) < 4.78 is 20.8. The van der Waals surface area contributed by atoms with Crippen LogP contribution in [0.15, 0.2) is 36.4 Å². The van der Waals surface area contributed by atoms with Crippen LogP contribution in [0, 0.1) is 5.82 Å². The third-order valence-corrected chi connectivity index (χ3v) is 3.65. The number of nitrogen functional groups attached to an aromatic ring is 1. The fourth-order valence-corrected chi connectivity index (χ4v) is 2.62. The van der Waals surface area contributed by atoms with Crippen LogP contribution in [-0.4, -0.2) is 16.7 Å². The van der Waals surface area contributed by atoms with E-state index in [0.717, 1.165) is 29.9 Å². The average Bonchev–Trinajstić information content (AvgIpc) is 2.86. The van der Waals surface area contributed by atoms with Gasteiger partial charge >= 0.3 is 0 Å². The van der Waals surface area contributed by atoms with Crippen LogP contribution in [0.4, 0.5) is 10.1 Å². The van der Waals surface area contributed by atoms with Crippen molar-refractivity contribution in [1.29, 1.82) is 0 Å². The Balaban J connectivity index is 2.22. The Morgan fingerprint density at radius 3 is 2.77 bits per heavy atom. The molecule has 5 heteroatoms. The number of nitrogens with zero attached hydrogens (tertiary/aromatic N) is 2. The number of benzene rings is 2. The van der Waals surface area contributed by atoms with Gasteiger partial charge in [0, 0.05) is 18.2 Å². The lowest BCUT2D eigenvalue weighted by Gasteiger charge is -2.10. The summed E-state index contributed by atoms with van der Waals surface area (Å²) in [4.78, 5) is 4.59. The predicted molar refractivity (Wildman–Crippen MR) is 86.4 cm³/mol. The first-order valence-corrected chi connectivity index (χ1v) is 7.23. The third-order valence-electron chi connectivity index (χ3n) is 3.65. The summed E-state index contributed by atoms with van der Waals surface area (Å²) in [5, 5.41) is 0. The van der Waals surface area contributed by atoms with Crippen LogP contribution in [0.25, 0.3) is 22.4 Å². The lowest BCUT2D eigenvalue weighted by molar-refractivity contribution is 0.417. The molecule has 22 heavy (non-hydrogen) atoms. The maximum Gasteiger partial charge on any atom is 0.142 e. The quantitative estimate of drug-likeness (QED) is 0.745. The molecule has 3 rings (SSSR count). The Bertz CT molecular complexity index is 826. The van der Waals surface area contributed by atoms with Gasteiger partial charge in [-0.1, -0.05) is 6.92 Å². The van der Waals surface area contributed by atoms with Crippen molar-refractivity contribution in [3.63, 3.8) is 0 Å². The molecule has 0 atom stereocenters. The number of hydrogen-bond donors (Lipinski definition) is 1. The topological polar surface area (TPSA) is 53.1 Å². The smallest absolute Gasteiger partial charge is 0.142 e. The van der Waals surface area contributed by atoms with E-state index in [9.17, 15) is 4.39 Å². The zero-order valence-corrected chi connectivity index (χ0v) is 12.6. The van der Waals surface area contributed by atoms with Crippen molar-refractivity contribution in [3.8, 4) is 17.1 Å². The number of fused-ring (bicyclic) bond motifs is 1. The van der Waals surface area contributed by atoms with E-state index in [1.165, 1.54) is 12.1 Å². The first-order valence-electron chi connectivity index (χ1n) is 7.23. The van der Waals surface area contributed by atoms with Crippen molar-refractivity contribution in [2.45, 2.75) is 19.9 Å². The number of halogens is 1. The Morgan fingerprint density at radius 2 is 2.05 bits per heavy atom. The number of ether oxygens (including phenoxy) is 1. The molecule has 0 aliphatic heterocycles. The standard InChI is InChI=1S/C17H18FN3O/c1-3-8-21-15-7-5-12(18)10-14(15)20-17(21)11-4-6-13(19)16(9-11)22-2/h4-7,9-10H,3,8,19H2,1-2H3. The number of aryl methyl sites for hydroxylation is 1. The molecule has 0 fully saturated rings. The van der Waals surface area contributed by atoms with E-state index in [1.54, 1.807) is 19.2 Å². The first kappa shape index (κ1) is 14.4. The highest BCUT2D eigenvalue weighted by molar-refractivity contribution is 5.81. The van der Waals surface area contributed by atoms with Gasteiger partial charge in [-0.2, -0.15) is 0 Å². The van der Waals surface area contributed by atoms with Crippen LogP contribution in [0.3, 0.4) is 0 Å². The first-order chi connectivity index (χ1) is 10.6. The Morgan fingerprint density at radius 1 is 1.23 bits per heavy atom. The van der Waals surface area contributed by atoms with Crippen LogP contribution >= 0.6 is 0 Å². The fraction of sp³-hybridized carbons (Fsp3) is 0.235. The molecule has 0 aliphatic rings. The van der Waals surface area contributed by atoms with Gasteiger partial charge in [0.25, 0.3) is 0 Å². The Hall–Kier alpha value is -2.56. The van der Waals surface area contributed by atoms with Crippen molar-refractivity contribution in [2.24, 2.45) is 0 Å². The number of aromatic nitrogens is 2. The van der Waals surface area contributed by atoms with Gasteiger partial charge in [-0.05, 0) is 36.8 Å². The zero-order valence-electron chi connectivity index (χ0n) is 12.6. The fourth-order valence-electron chi connectivity index (χ4n) is 2.62. The molecule has 2 aromatic carbocycles. The Labute approximate surface area is 128 Å². The molecule has 114 valence electrons. The van der Waals surface area contributed by atoms with Crippen molar-refractivity contribution >= 4 is 16.7 Å². The van der Waals surface area contributed by atoms with Crippen LogP contribution in [0.2, 0.25) is 0 Å². The van der Waals surface area contributed by atoms with Gasteiger partial charge in [-0.15, -0.1) is 0 Å². The highest BCUT2D eigenvalue weighted by Gasteiger charge is 2.14. The highest BCUT2D eigenvalue weighted by atomic mass is 19.1. The van der Waals surface area contributed by atoms with Gasteiger partial charge in [-0.3, -0.25) is 0 Å². The molecular weight excluding hydrogens is 281 g/mol. The van der Waals surface area contributed by atoms with Crippen molar-refractivity contribution in [2.75, 3.05) is 12.8 Å². The normalized spacial score (nSPS) is 11.0. The lowest BCUT2D eigenvalue weighted by Crippen LogP contribution is -2.00. The van der Waals surface area contributed by atoms with E-state index < -0.39 is 0 Å². The molecule has 0 aliphatic carbocycles. The van der Waals surface area contributed by atoms with Crippen LogP contribution < -0.4 is 10.5 Å². The summed E-state index contributed by atoms with van der Waals surface area (Å²) >= 11 is 0. The maximum absolute atomic E-state index is 13.5. The summed E-state index contributed by atoms with van der Waals surface area (Å²) in [6.07, 6.45) is 0.960. The van der Waals surface area contributed by atoms with Gasteiger partial charge in [0.2, 0.25) is 0 Å². The molecule has 4 nitrogen and oxygen atoms in total. The van der Waals surface area contributed by atoms with E-state index in [1.807, 2.05) is 12.1 Å². The molecular formula is C17H18FN3O. The minimum Gasteiger partial charge on any atom is -0.495 e. The third kappa shape index (κ3) is 2.39. The number of hydrogen-bond acceptors (Lipinski definition) is 3. The summed E-state index contributed by atoms with van der Waals surface area (Å²) in [5.41, 5.74) is 8.92. The summed E-state index contributed by atoms with van der Waals surface area (Å²) in [7, 11) is 1.58. The molecule has 0 unspecified atom stereocenters. The van der Waals surface area contributed by atoms with Gasteiger partial charge in [0.05, 0.1) is 23.8 Å². The molecule has 2 N–H and O–H groups in total. The Kier molecular flexibility index (Phi) is 3.71. The summed E-state index contributed by atoms with van der Waals surface area (Å²) in [6.45, 7) is 2.91. The van der Waals surface area contributed by atoms with Crippen molar-refractivity contribution < 1.29 is 9.13 Å². The van der Waals surface area contributed by atoms with E-state index in [0.29, 0.717) is 17.0 Å². The second-order valence-electron chi connectivity index (χ2n) is 5.18. The van der Waals surface area contributed by atoms with E-state index >= 15 is 0 Å². The SMILES string of the molecule is CCCn1c(-c2ccc(N)c(OC)c2)nc2cc(F)ccc21. The van der Waals surface area contributed by atoms with Crippen LogP contribution in [0.5, 0.6) is 5.75 Å². The molecule has 1 heterocycles. The number of rotatable bonds is 4. The highest BCUT2D eigenvalue weighted by Crippen LogP contribution is 2.31. The van der Waals surface area contributed by atoms with Gasteiger partial charge in [-0.25, -0.2) is 9.37 Å². The summed E-state index contributed by atoms with van der Waals surface area (Å²) in [6, 6.07) is 10.2. The van der Waals surface area contributed by atoms with Gasteiger partial charge in [0.1, 0.15) is 17.4 Å². The zero-order chi connectivity index (χ0) is 15.7. The average molecular weight is 299 g/mol. The summed E-state index contributed by atoms with van der Waals surface area (Å²) in [5.74, 6) is 1.12. The minimum absolute atomic E-state index is 0.282. The number of methoxy groups -OCH3 is 1. The minimum atomic E-state index is -0.282. The predicted octanol–water partition coefficient (Wildman–Crippen LogP) is 3.84. The molecule has 0 spiro atoms. The van der Waals surface area contributed by atoms with E-state index in [-0.39, 0.29) is 5.82 Å².